The van der Waals surface area contributed by atoms with Crippen molar-refractivity contribution < 1.29 is 4.79 Å². The lowest BCUT2D eigenvalue weighted by Crippen LogP contribution is -2.27. The standard InChI is InChI=1S/C17H20N4OS/c1-3-9-21-16(13-6-4-5-12(2)10-13)19-20-17(21)23-11-15(22)18-14-7-8-14/h3-6,10,14H,1,7-9,11H2,2H3,(H,18,22). The van der Waals surface area contributed by atoms with Crippen molar-refractivity contribution in [3.8, 4) is 11.4 Å². The zero-order chi connectivity index (χ0) is 16.2. The van der Waals surface area contributed by atoms with Gasteiger partial charge in [0.1, 0.15) is 0 Å². The van der Waals surface area contributed by atoms with Crippen molar-refractivity contribution in [2.45, 2.75) is 37.5 Å². The van der Waals surface area contributed by atoms with Crippen LogP contribution in [0.2, 0.25) is 0 Å². The van der Waals surface area contributed by atoms with Crippen molar-refractivity contribution in [3.63, 3.8) is 0 Å². The van der Waals surface area contributed by atoms with Crippen molar-refractivity contribution in [2.24, 2.45) is 0 Å². The number of nitrogens with zero attached hydrogens (tertiary/aromatic N) is 3. The van der Waals surface area contributed by atoms with E-state index in [1.807, 2.05) is 22.8 Å². The summed E-state index contributed by atoms with van der Waals surface area (Å²) in [7, 11) is 0. The monoisotopic (exact) mass is 328 g/mol. The van der Waals surface area contributed by atoms with Crippen LogP contribution in [0.5, 0.6) is 0 Å². The third kappa shape index (κ3) is 4.01. The lowest BCUT2D eigenvalue weighted by molar-refractivity contribution is -0.118. The number of rotatable bonds is 7. The van der Waals surface area contributed by atoms with Gasteiger partial charge in [0.25, 0.3) is 0 Å². The summed E-state index contributed by atoms with van der Waals surface area (Å²) in [5.74, 6) is 1.22. The molecule has 1 saturated carbocycles. The minimum Gasteiger partial charge on any atom is -0.353 e. The molecule has 3 rings (SSSR count). The Bertz CT molecular complexity index is 721. The Morgan fingerprint density at radius 3 is 3.00 bits per heavy atom. The Kier molecular flexibility index (Phi) is 4.81. The summed E-state index contributed by atoms with van der Waals surface area (Å²) in [5.41, 5.74) is 2.20. The number of benzene rings is 1. The SMILES string of the molecule is C=CCn1c(SCC(=O)NC2CC2)nnc1-c1cccc(C)c1. The van der Waals surface area contributed by atoms with Crippen LogP contribution >= 0.6 is 11.8 Å². The normalized spacial score (nSPS) is 13.8. The van der Waals surface area contributed by atoms with Crippen molar-refractivity contribution in [3.05, 3.63) is 42.5 Å². The number of carbonyl (C=O) groups excluding carboxylic acids is 1. The first-order valence-corrected chi connectivity index (χ1v) is 8.69. The first-order chi connectivity index (χ1) is 11.2. The Morgan fingerprint density at radius 1 is 1.48 bits per heavy atom. The van der Waals surface area contributed by atoms with Gasteiger partial charge in [-0.25, -0.2) is 0 Å². The number of nitrogens with one attached hydrogen (secondary N) is 1. The fourth-order valence-electron chi connectivity index (χ4n) is 2.31. The highest BCUT2D eigenvalue weighted by atomic mass is 32.2. The van der Waals surface area contributed by atoms with Gasteiger partial charge < -0.3 is 5.32 Å². The molecule has 1 N–H and O–H groups in total. The third-order valence-corrected chi connectivity index (χ3v) is 4.55. The van der Waals surface area contributed by atoms with Crippen LogP contribution in [0.4, 0.5) is 0 Å². The van der Waals surface area contributed by atoms with Crippen LogP contribution in [0.1, 0.15) is 18.4 Å². The summed E-state index contributed by atoms with van der Waals surface area (Å²) in [6, 6.07) is 8.54. The van der Waals surface area contributed by atoms with E-state index in [9.17, 15) is 4.79 Å². The quantitative estimate of drug-likeness (QED) is 0.627. The molecule has 0 bridgehead atoms. The lowest BCUT2D eigenvalue weighted by atomic mass is 10.1. The largest absolute Gasteiger partial charge is 0.353 e. The minimum atomic E-state index is 0.0581. The summed E-state index contributed by atoms with van der Waals surface area (Å²) >= 11 is 1.41. The molecule has 0 saturated heterocycles. The molecule has 0 atom stereocenters. The van der Waals surface area contributed by atoms with E-state index >= 15 is 0 Å². The van der Waals surface area contributed by atoms with Crippen LogP contribution in [0.3, 0.4) is 0 Å². The predicted molar refractivity (Wildman–Crippen MR) is 92.3 cm³/mol. The number of aryl methyl sites for hydroxylation is 1. The van der Waals surface area contributed by atoms with Gasteiger partial charge in [-0.05, 0) is 25.8 Å². The number of aromatic nitrogens is 3. The van der Waals surface area contributed by atoms with Crippen molar-refractivity contribution in [1.82, 2.24) is 20.1 Å². The molecule has 0 unspecified atom stereocenters. The van der Waals surface area contributed by atoms with E-state index in [1.54, 1.807) is 0 Å². The van der Waals surface area contributed by atoms with Crippen LogP contribution < -0.4 is 5.32 Å². The smallest absolute Gasteiger partial charge is 0.230 e. The Morgan fingerprint density at radius 2 is 2.30 bits per heavy atom. The molecule has 1 aliphatic carbocycles. The number of hydrogen-bond acceptors (Lipinski definition) is 4. The molecule has 5 nitrogen and oxygen atoms in total. The number of carbonyl (C=O) groups is 1. The van der Waals surface area contributed by atoms with Gasteiger partial charge in [-0.15, -0.1) is 16.8 Å². The summed E-state index contributed by atoms with van der Waals surface area (Å²) < 4.78 is 2.00. The summed E-state index contributed by atoms with van der Waals surface area (Å²) in [6.45, 7) is 6.47. The number of thioether (sulfide) groups is 1. The molecule has 23 heavy (non-hydrogen) atoms. The molecule has 1 amide bonds. The van der Waals surface area contributed by atoms with Crippen LogP contribution in [0.25, 0.3) is 11.4 Å². The highest BCUT2D eigenvalue weighted by Crippen LogP contribution is 2.25. The van der Waals surface area contributed by atoms with Crippen LogP contribution in [0.15, 0.2) is 42.1 Å². The van der Waals surface area contributed by atoms with Crippen LogP contribution in [0, 0.1) is 6.92 Å². The average Bonchev–Trinajstić information content (AvgIpc) is 3.25. The molecule has 1 aromatic carbocycles. The van der Waals surface area contributed by atoms with E-state index in [-0.39, 0.29) is 5.91 Å². The molecule has 120 valence electrons. The van der Waals surface area contributed by atoms with Gasteiger partial charge in [0.15, 0.2) is 11.0 Å². The molecule has 0 radical (unpaired) electrons. The Labute approximate surface area is 140 Å². The van der Waals surface area contributed by atoms with E-state index in [2.05, 4.69) is 41.1 Å². The predicted octanol–water partition coefficient (Wildman–Crippen LogP) is 2.81. The third-order valence-electron chi connectivity index (χ3n) is 3.58. The molecule has 0 aliphatic heterocycles. The highest BCUT2D eigenvalue weighted by Gasteiger charge is 2.23. The summed E-state index contributed by atoms with van der Waals surface area (Å²) in [6.07, 6.45) is 4.01. The topological polar surface area (TPSA) is 59.8 Å². The number of hydrogen-bond donors (Lipinski definition) is 1. The second-order valence-corrected chi connectivity index (χ2v) is 6.65. The van der Waals surface area contributed by atoms with E-state index in [1.165, 1.54) is 17.3 Å². The molecule has 1 aliphatic rings. The van der Waals surface area contributed by atoms with Gasteiger partial charge in [0.05, 0.1) is 5.75 Å². The maximum absolute atomic E-state index is 11.8. The first kappa shape index (κ1) is 15.8. The van der Waals surface area contributed by atoms with Gasteiger partial charge in [-0.3, -0.25) is 9.36 Å². The van der Waals surface area contributed by atoms with E-state index in [4.69, 9.17) is 0 Å². The minimum absolute atomic E-state index is 0.0581. The van der Waals surface area contributed by atoms with Gasteiger partial charge in [-0.1, -0.05) is 41.6 Å². The van der Waals surface area contributed by atoms with Crippen molar-refractivity contribution >= 4 is 17.7 Å². The highest BCUT2D eigenvalue weighted by molar-refractivity contribution is 7.99. The molecule has 0 spiro atoms. The number of allylic oxidation sites excluding steroid dienone is 1. The van der Waals surface area contributed by atoms with Gasteiger partial charge in [0, 0.05) is 18.2 Å². The van der Waals surface area contributed by atoms with Crippen LogP contribution in [-0.4, -0.2) is 32.5 Å². The fourth-order valence-corrected chi connectivity index (χ4v) is 3.07. The van der Waals surface area contributed by atoms with Gasteiger partial charge >= 0.3 is 0 Å². The molecule has 6 heteroatoms. The van der Waals surface area contributed by atoms with E-state index in [0.29, 0.717) is 18.3 Å². The number of amides is 1. The van der Waals surface area contributed by atoms with Gasteiger partial charge in [-0.2, -0.15) is 0 Å². The average molecular weight is 328 g/mol. The van der Waals surface area contributed by atoms with E-state index in [0.717, 1.165) is 29.4 Å². The fraction of sp³-hybridized carbons (Fsp3) is 0.353. The van der Waals surface area contributed by atoms with Crippen molar-refractivity contribution in [1.29, 1.82) is 0 Å². The van der Waals surface area contributed by atoms with Crippen LogP contribution in [-0.2, 0) is 11.3 Å². The summed E-state index contributed by atoms with van der Waals surface area (Å²) in [5, 5.41) is 12.3. The lowest BCUT2D eigenvalue weighted by Gasteiger charge is -2.08. The Hall–Kier alpha value is -2.08. The van der Waals surface area contributed by atoms with Crippen molar-refractivity contribution in [2.75, 3.05) is 5.75 Å². The Balaban J connectivity index is 1.77. The summed E-state index contributed by atoms with van der Waals surface area (Å²) in [4.78, 5) is 11.8. The molecular formula is C17H20N4OS. The molecule has 1 aromatic heterocycles. The molecule has 2 aromatic rings. The van der Waals surface area contributed by atoms with Gasteiger partial charge in [0.2, 0.25) is 5.91 Å². The van der Waals surface area contributed by atoms with E-state index < -0.39 is 0 Å². The zero-order valence-corrected chi connectivity index (χ0v) is 14.0. The first-order valence-electron chi connectivity index (χ1n) is 7.70. The second-order valence-electron chi connectivity index (χ2n) is 5.71. The molecule has 1 fully saturated rings. The molecular weight excluding hydrogens is 308 g/mol. The maximum Gasteiger partial charge on any atom is 0.230 e. The zero-order valence-electron chi connectivity index (χ0n) is 13.2. The maximum atomic E-state index is 11.8. The molecule has 1 heterocycles. The second kappa shape index (κ2) is 7.00.